The lowest BCUT2D eigenvalue weighted by atomic mass is 9.94. The van der Waals surface area contributed by atoms with Crippen molar-refractivity contribution in [2.75, 3.05) is 25.4 Å². The maximum atomic E-state index is 14.2. The predicted molar refractivity (Wildman–Crippen MR) is 153 cm³/mol. The fourth-order valence-electron chi connectivity index (χ4n) is 6.22. The van der Waals surface area contributed by atoms with Crippen molar-refractivity contribution in [3.05, 3.63) is 75.8 Å². The number of anilines is 1. The van der Waals surface area contributed by atoms with Gasteiger partial charge < -0.3 is 25.6 Å². The lowest BCUT2D eigenvalue weighted by molar-refractivity contribution is -0.126. The maximum absolute atomic E-state index is 14.2. The first-order valence-electron chi connectivity index (χ1n) is 13.4. The molecule has 4 heterocycles. The van der Waals surface area contributed by atoms with Crippen molar-refractivity contribution >= 4 is 44.5 Å². The number of nitrogens with one attached hydrogen (secondary N) is 1. The number of benzene rings is 2. The molecule has 2 aromatic heterocycles. The van der Waals surface area contributed by atoms with Crippen molar-refractivity contribution in [2.24, 2.45) is 0 Å². The molecule has 2 amide bonds. The van der Waals surface area contributed by atoms with Crippen molar-refractivity contribution in [1.29, 1.82) is 0 Å². The molecular formula is C29H28BrN7O3. The maximum Gasteiger partial charge on any atom is 0.258 e. The molecule has 1 aliphatic carbocycles. The van der Waals surface area contributed by atoms with Crippen LogP contribution in [-0.2, 0) is 17.6 Å². The van der Waals surface area contributed by atoms with E-state index < -0.39 is 6.04 Å². The Hall–Kier alpha value is -4.12. The average Bonchev–Trinajstić information content (AvgIpc) is 3.61. The Morgan fingerprint density at radius 3 is 2.77 bits per heavy atom. The number of nitrogen functional groups attached to an aromatic ring is 1. The fourth-order valence-corrected chi connectivity index (χ4v) is 6.76. The Bertz CT molecular complexity index is 1720. The van der Waals surface area contributed by atoms with Crippen LogP contribution < -0.4 is 5.73 Å². The van der Waals surface area contributed by atoms with Gasteiger partial charge in [0.15, 0.2) is 0 Å². The molecule has 0 bridgehead atoms. The SMILES string of the molecule is C=CC(=O)N1CCc2nn(-c3ccc(C4CC4)cc3O)c3c2C(C1)N(C(=O)c1c(N)cc(Br)c2nc[nH]c12)CC3. The number of H-pyrrole nitrogens is 1. The number of nitrogens with zero attached hydrogens (tertiary/aromatic N) is 5. The van der Waals surface area contributed by atoms with E-state index in [0.29, 0.717) is 70.8 Å². The average molecular weight is 602 g/mol. The Balaban J connectivity index is 1.34. The van der Waals surface area contributed by atoms with Gasteiger partial charge in [-0.2, -0.15) is 5.10 Å². The van der Waals surface area contributed by atoms with Crippen LogP contribution in [0.1, 0.15) is 57.7 Å². The first-order valence-corrected chi connectivity index (χ1v) is 14.2. The van der Waals surface area contributed by atoms with Crippen LogP contribution in [0.2, 0.25) is 0 Å². The van der Waals surface area contributed by atoms with Gasteiger partial charge in [-0.1, -0.05) is 12.6 Å². The van der Waals surface area contributed by atoms with E-state index in [1.54, 1.807) is 22.2 Å². The molecule has 3 aliphatic rings. The lowest BCUT2D eigenvalue weighted by Gasteiger charge is -2.38. The summed E-state index contributed by atoms with van der Waals surface area (Å²) in [4.78, 5) is 37.9. The summed E-state index contributed by atoms with van der Waals surface area (Å²) in [6.45, 7) is 4.82. The Morgan fingerprint density at radius 1 is 1.20 bits per heavy atom. The van der Waals surface area contributed by atoms with E-state index in [1.165, 1.54) is 6.08 Å². The number of imidazole rings is 1. The number of aromatic amines is 1. The molecule has 1 unspecified atom stereocenters. The monoisotopic (exact) mass is 601 g/mol. The van der Waals surface area contributed by atoms with Gasteiger partial charge in [-0.25, -0.2) is 9.67 Å². The van der Waals surface area contributed by atoms with Gasteiger partial charge in [-0.15, -0.1) is 0 Å². The van der Waals surface area contributed by atoms with E-state index in [0.717, 1.165) is 35.4 Å². The fraction of sp³-hybridized carbons (Fsp3) is 0.310. The number of hydrogen-bond donors (Lipinski definition) is 3. The van der Waals surface area contributed by atoms with Crippen LogP contribution in [-0.4, -0.2) is 66.1 Å². The topological polar surface area (TPSA) is 133 Å². The minimum absolute atomic E-state index is 0.190. The van der Waals surface area contributed by atoms with Crippen LogP contribution in [0.25, 0.3) is 16.7 Å². The Labute approximate surface area is 238 Å². The van der Waals surface area contributed by atoms with Crippen LogP contribution >= 0.6 is 15.9 Å². The van der Waals surface area contributed by atoms with Gasteiger partial charge in [0.05, 0.1) is 34.8 Å². The molecule has 40 heavy (non-hydrogen) atoms. The zero-order valence-corrected chi connectivity index (χ0v) is 23.3. The van der Waals surface area contributed by atoms with Crippen molar-refractivity contribution < 1.29 is 14.7 Å². The van der Waals surface area contributed by atoms with Crippen LogP contribution in [0.15, 0.2) is 47.7 Å². The smallest absolute Gasteiger partial charge is 0.258 e. The van der Waals surface area contributed by atoms with Gasteiger partial charge in [0.25, 0.3) is 5.91 Å². The molecule has 1 saturated carbocycles. The molecule has 1 atom stereocenters. The number of hydrogen-bond acceptors (Lipinski definition) is 6. The molecule has 4 N–H and O–H groups in total. The van der Waals surface area contributed by atoms with Crippen LogP contribution in [0.5, 0.6) is 5.75 Å². The van der Waals surface area contributed by atoms with Gasteiger partial charge in [0.2, 0.25) is 5.91 Å². The molecule has 204 valence electrons. The standard InChI is InChI=1S/C29H28BrN7O3/c1-2-24(39)35-9-7-19-26-21(37(34-19)20-6-5-16(11-23(20)38)15-3-4-15)8-10-36(22(26)13-35)29(40)25-18(31)12-17(30)27-28(25)33-14-32-27/h2,5-6,11-12,14-15,22,38H,1,3-4,7-10,13,31H2,(H,32,33). The molecule has 1 fully saturated rings. The molecule has 2 aromatic carbocycles. The van der Waals surface area contributed by atoms with E-state index in [1.807, 2.05) is 16.8 Å². The number of fused-ring (bicyclic) bond motifs is 1. The summed E-state index contributed by atoms with van der Waals surface area (Å²) in [5, 5.41) is 16.0. The van der Waals surface area contributed by atoms with Crippen molar-refractivity contribution in [1.82, 2.24) is 29.5 Å². The third-order valence-corrected chi connectivity index (χ3v) is 8.94. The van der Waals surface area contributed by atoms with Crippen LogP contribution in [0.4, 0.5) is 5.69 Å². The Kier molecular flexibility index (Phi) is 5.74. The zero-order valence-electron chi connectivity index (χ0n) is 21.7. The first kappa shape index (κ1) is 24.9. The second-order valence-electron chi connectivity index (χ2n) is 10.7. The summed E-state index contributed by atoms with van der Waals surface area (Å²) in [5.74, 6) is 0.293. The van der Waals surface area contributed by atoms with Crippen molar-refractivity contribution in [3.8, 4) is 11.4 Å². The number of amides is 2. The largest absolute Gasteiger partial charge is 0.506 e. The summed E-state index contributed by atoms with van der Waals surface area (Å²) < 4.78 is 2.53. The number of phenolic OH excluding ortho intramolecular Hbond substituents is 1. The molecule has 0 radical (unpaired) electrons. The van der Waals surface area contributed by atoms with E-state index >= 15 is 0 Å². The third-order valence-electron chi connectivity index (χ3n) is 8.33. The molecule has 10 nitrogen and oxygen atoms in total. The first-order chi connectivity index (χ1) is 19.4. The zero-order chi connectivity index (χ0) is 27.7. The summed E-state index contributed by atoms with van der Waals surface area (Å²) in [5.41, 5.74) is 12.7. The third kappa shape index (κ3) is 3.82. The van der Waals surface area contributed by atoms with E-state index in [-0.39, 0.29) is 17.6 Å². The number of rotatable bonds is 4. The molecule has 2 aliphatic heterocycles. The van der Waals surface area contributed by atoms with E-state index in [2.05, 4.69) is 38.5 Å². The van der Waals surface area contributed by atoms with E-state index in [9.17, 15) is 14.7 Å². The molecule has 4 aromatic rings. The number of halogens is 1. The van der Waals surface area contributed by atoms with Gasteiger partial charge in [-0.3, -0.25) is 9.59 Å². The number of aromatic hydroxyl groups is 1. The molecule has 0 spiro atoms. The highest BCUT2D eigenvalue weighted by molar-refractivity contribution is 9.10. The summed E-state index contributed by atoms with van der Waals surface area (Å²) in [7, 11) is 0. The molecule has 7 rings (SSSR count). The number of aromatic nitrogens is 4. The van der Waals surface area contributed by atoms with Crippen LogP contribution in [0.3, 0.4) is 0 Å². The summed E-state index contributed by atoms with van der Waals surface area (Å²) in [6.07, 6.45) is 6.21. The van der Waals surface area contributed by atoms with Gasteiger partial charge in [-0.05, 0) is 64.5 Å². The summed E-state index contributed by atoms with van der Waals surface area (Å²) >= 11 is 3.49. The highest BCUT2D eigenvalue weighted by atomic mass is 79.9. The van der Waals surface area contributed by atoms with Gasteiger partial charge >= 0.3 is 0 Å². The number of carbonyl (C=O) groups is 2. The quantitative estimate of drug-likeness (QED) is 0.239. The van der Waals surface area contributed by atoms with Crippen molar-refractivity contribution in [3.63, 3.8) is 0 Å². The van der Waals surface area contributed by atoms with E-state index in [4.69, 9.17) is 10.8 Å². The minimum Gasteiger partial charge on any atom is -0.506 e. The molecule has 0 saturated heterocycles. The Morgan fingerprint density at radius 2 is 2.02 bits per heavy atom. The number of nitrogens with two attached hydrogens (primary N) is 1. The van der Waals surface area contributed by atoms with Crippen LogP contribution in [0, 0.1) is 0 Å². The molecular weight excluding hydrogens is 574 g/mol. The second kappa shape index (κ2) is 9.22. The normalized spacial score (nSPS) is 18.5. The minimum atomic E-state index is -0.444. The highest BCUT2D eigenvalue weighted by Crippen LogP contribution is 2.43. The lowest BCUT2D eigenvalue weighted by Crippen LogP contribution is -2.46. The van der Waals surface area contributed by atoms with Gasteiger partial charge in [0.1, 0.15) is 17.0 Å². The van der Waals surface area contributed by atoms with Crippen molar-refractivity contribution in [2.45, 2.75) is 37.6 Å². The predicted octanol–water partition coefficient (Wildman–Crippen LogP) is 3.99. The molecule has 11 heteroatoms. The van der Waals surface area contributed by atoms with Gasteiger partial charge in [0, 0.05) is 48.2 Å². The summed E-state index contributed by atoms with van der Waals surface area (Å²) in [6, 6.07) is 7.10. The number of carbonyl (C=O) groups excluding carboxylic acids is 2. The second-order valence-corrected chi connectivity index (χ2v) is 11.5. The highest BCUT2D eigenvalue weighted by Gasteiger charge is 2.41. The number of phenols is 1.